The number of aliphatic hydroxyl groups is 2. The second kappa shape index (κ2) is 4.07. The summed E-state index contributed by atoms with van der Waals surface area (Å²) in [4.78, 5) is 13.1. The summed E-state index contributed by atoms with van der Waals surface area (Å²) in [6.07, 6.45) is 0.0356. The van der Waals surface area contributed by atoms with Gasteiger partial charge in [0.25, 0.3) is 0 Å². The zero-order chi connectivity index (χ0) is 10.0. The molecule has 0 spiro atoms. The molecular weight excluding hydrogens is 170 g/mol. The molecule has 1 fully saturated rings. The van der Waals surface area contributed by atoms with Gasteiger partial charge < -0.3 is 15.1 Å². The maximum absolute atomic E-state index is 11.5. The molecule has 2 N–H and O–H groups in total. The minimum Gasteiger partial charge on any atom is -0.394 e. The number of amides is 1. The Bertz CT molecular complexity index is 195. The highest BCUT2D eigenvalue weighted by Crippen LogP contribution is 2.23. The molecular formula is C9H17NO3. The molecule has 1 heterocycles. The lowest BCUT2D eigenvalue weighted by Gasteiger charge is -2.23. The average Bonchev–Trinajstić information content (AvgIpc) is 2.32. The van der Waals surface area contributed by atoms with E-state index in [1.165, 1.54) is 0 Å². The topological polar surface area (TPSA) is 60.8 Å². The Morgan fingerprint density at radius 3 is 2.62 bits per heavy atom. The normalized spacial score (nSPS) is 31.1. The van der Waals surface area contributed by atoms with Gasteiger partial charge in [-0.1, -0.05) is 6.92 Å². The molecule has 13 heavy (non-hydrogen) atoms. The number of likely N-dealkylation sites (tertiary alicyclic amines) is 1. The summed E-state index contributed by atoms with van der Waals surface area (Å²) in [5, 5.41) is 17.8. The zero-order valence-electron chi connectivity index (χ0n) is 8.10. The lowest BCUT2D eigenvalue weighted by Crippen LogP contribution is -2.39. The third-order valence-corrected chi connectivity index (χ3v) is 2.55. The Hall–Kier alpha value is -0.610. The van der Waals surface area contributed by atoms with Gasteiger partial charge >= 0.3 is 0 Å². The van der Waals surface area contributed by atoms with Gasteiger partial charge in [0.1, 0.15) is 0 Å². The van der Waals surface area contributed by atoms with E-state index in [0.29, 0.717) is 0 Å². The Kier molecular flexibility index (Phi) is 3.27. The Labute approximate surface area is 78.2 Å². The molecule has 0 aromatic heterocycles. The second-order valence-electron chi connectivity index (χ2n) is 3.81. The molecule has 4 nitrogen and oxygen atoms in total. The first-order valence-corrected chi connectivity index (χ1v) is 4.65. The number of rotatable bonds is 3. The number of carbonyl (C=O) groups excluding carboxylic acids is 1. The standard InChI is InChI=1S/C9H17NO3/c1-6-3-7(2)10(9(6)13)4-8(12)5-11/h6-8,11-12H,3-5H2,1-2H3. The van der Waals surface area contributed by atoms with Crippen molar-refractivity contribution in [1.29, 1.82) is 0 Å². The predicted molar refractivity (Wildman–Crippen MR) is 48.0 cm³/mol. The monoisotopic (exact) mass is 187 g/mol. The van der Waals surface area contributed by atoms with Crippen LogP contribution in [0.1, 0.15) is 20.3 Å². The summed E-state index contributed by atoms with van der Waals surface area (Å²) in [5.41, 5.74) is 0. The number of aliphatic hydroxyl groups excluding tert-OH is 2. The van der Waals surface area contributed by atoms with Gasteiger partial charge in [0, 0.05) is 18.5 Å². The van der Waals surface area contributed by atoms with Crippen LogP contribution in [-0.2, 0) is 4.79 Å². The highest BCUT2D eigenvalue weighted by atomic mass is 16.3. The Morgan fingerprint density at radius 1 is 1.62 bits per heavy atom. The summed E-state index contributed by atoms with van der Waals surface area (Å²) >= 11 is 0. The van der Waals surface area contributed by atoms with Crippen LogP contribution >= 0.6 is 0 Å². The summed E-state index contributed by atoms with van der Waals surface area (Å²) in [7, 11) is 0. The predicted octanol–water partition coefficient (Wildman–Crippen LogP) is -0.404. The fourth-order valence-corrected chi connectivity index (χ4v) is 1.79. The molecule has 1 saturated heterocycles. The van der Waals surface area contributed by atoms with Crippen molar-refractivity contribution in [3.63, 3.8) is 0 Å². The van der Waals surface area contributed by atoms with E-state index in [-0.39, 0.29) is 31.0 Å². The zero-order valence-corrected chi connectivity index (χ0v) is 8.10. The van der Waals surface area contributed by atoms with Crippen molar-refractivity contribution in [2.24, 2.45) is 5.92 Å². The van der Waals surface area contributed by atoms with Crippen molar-refractivity contribution in [3.8, 4) is 0 Å². The average molecular weight is 187 g/mol. The molecule has 1 aliphatic heterocycles. The lowest BCUT2D eigenvalue weighted by atomic mass is 10.1. The van der Waals surface area contributed by atoms with Crippen molar-refractivity contribution < 1.29 is 15.0 Å². The number of hydrogen-bond acceptors (Lipinski definition) is 3. The summed E-state index contributed by atoms with van der Waals surface area (Å²) in [6.45, 7) is 3.82. The maximum Gasteiger partial charge on any atom is 0.225 e. The fourth-order valence-electron chi connectivity index (χ4n) is 1.79. The van der Waals surface area contributed by atoms with Gasteiger partial charge in [-0.3, -0.25) is 4.79 Å². The molecule has 3 atom stereocenters. The molecule has 0 bridgehead atoms. The van der Waals surface area contributed by atoms with E-state index in [1.807, 2.05) is 13.8 Å². The summed E-state index contributed by atoms with van der Waals surface area (Å²) < 4.78 is 0. The van der Waals surface area contributed by atoms with Gasteiger partial charge in [-0.25, -0.2) is 0 Å². The molecule has 76 valence electrons. The molecule has 1 rings (SSSR count). The molecule has 0 aromatic rings. The van der Waals surface area contributed by atoms with E-state index >= 15 is 0 Å². The fraction of sp³-hybridized carbons (Fsp3) is 0.889. The van der Waals surface area contributed by atoms with E-state index in [1.54, 1.807) is 4.90 Å². The van der Waals surface area contributed by atoms with Crippen molar-refractivity contribution in [3.05, 3.63) is 0 Å². The van der Waals surface area contributed by atoms with Gasteiger partial charge in [-0.2, -0.15) is 0 Å². The molecule has 0 aliphatic carbocycles. The van der Waals surface area contributed by atoms with Crippen LogP contribution in [0.5, 0.6) is 0 Å². The van der Waals surface area contributed by atoms with Crippen molar-refractivity contribution in [1.82, 2.24) is 4.90 Å². The first-order valence-electron chi connectivity index (χ1n) is 4.65. The van der Waals surface area contributed by atoms with Crippen LogP contribution in [-0.4, -0.2) is 46.3 Å². The molecule has 4 heteroatoms. The maximum atomic E-state index is 11.5. The van der Waals surface area contributed by atoms with Gasteiger partial charge in [-0.05, 0) is 13.3 Å². The quantitative estimate of drug-likeness (QED) is 0.632. The largest absolute Gasteiger partial charge is 0.394 e. The molecule has 1 amide bonds. The smallest absolute Gasteiger partial charge is 0.225 e. The van der Waals surface area contributed by atoms with Crippen molar-refractivity contribution >= 4 is 5.91 Å². The van der Waals surface area contributed by atoms with Crippen LogP contribution in [0.15, 0.2) is 0 Å². The van der Waals surface area contributed by atoms with Crippen LogP contribution in [0.4, 0.5) is 0 Å². The number of hydrogen-bond donors (Lipinski definition) is 2. The lowest BCUT2D eigenvalue weighted by molar-refractivity contribution is -0.133. The van der Waals surface area contributed by atoms with Crippen LogP contribution in [0, 0.1) is 5.92 Å². The summed E-state index contributed by atoms with van der Waals surface area (Å²) in [6, 6.07) is 0.184. The van der Waals surface area contributed by atoms with Gasteiger partial charge in [0.2, 0.25) is 5.91 Å². The third-order valence-electron chi connectivity index (χ3n) is 2.55. The van der Waals surface area contributed by atoms with Gasteiger partial charge in [-0.15, -0.1) is 0 Å². The number of β-amino-alcohol motifs (C(OH)–C–C–N with tert-alkyl or cyclic N) is 1. The van der Waals surface area contributed by atoms with Crippen LogP contribution < -0.4 is 0 Å². The first kappa shape index (κ1) is 10.5. The Balaban J connectivity index is 2.53. The SMILES string of the molecule is CC1CC(C)N(CC(O)CO)C1=O. The summed E-state index contributed by atoms with van der Waals surface area (Å²) in [5.74, 6) is 0.140. The highest BCUT2D eigenvalue weighted by Gasteiger charge is 2.34. The van der Waals surface area contributed by atoms with E-state index < -0.39 is 6.10 Å². The minimum atomic E-state index is -0.809. The van der Waals surface area contributed by atoms with Crippen LogP contribution in [0.25, 0.3) is 0 Å². The Morgan fingerprint density at radius 2 is 2.23 bits per heavy atom. The van der Waals surface area contributed by atoms with Crippen molar-refractivity contribution in [2.75, 3.05) is 13.2 Å². The third kappa shape index (κ3) is 2.19. The number of nitrogens with zero attached hydrogens (tertiary/aromatic N) is 1. The van der Waals surface area contributed by atoms with Gasteiger partial charge in [0.15, 0.2) is 0 Å². The van der Waals surface area contributed by atoms with Crippen molar-refractivity contribution in [2.45, 2.75) is 32.4 Å². The second-order valence-corrected chi connectivity index (χ2v) is 3.81. The molecule has 1 aliphatic rings. The van der Waals surface area contributed by atoms with Gasteiger partial charge in [0.05, 0.1) is 12.7 Å². The molecule has 3 unspecified atom stereocenters. The number of carbonyl (C=O) groups is 1. The van der Waals surface area contributed by atoms with Crippen LogP contribution in [0.3, 0.4) is 0 Å². The van der Waals surface area contributed by atoms with E-state index in [9.17, 15) is 9.90 Å². The molecule has 0 aromatic carbocycles. The molecule has 0 saturated carbocycles. The van der Waals surface area contributed by atoms with E-state index in [4.69, 9.17) is 5.11 Å². The first-order chi connectivity index (χ1) is 6.06. The van der Waals surface area contributed by atoms with E-state index in [0.717, 1.165) is 6.42 Å². The van der Waals surface area contributed by atoms with E-state index in [2.05, 4.69) is 0 Å². The van der Waals surface area contributed by atoms with Crippen LogP contribution in [0.2, 0.25) is 0 Å². The minimum absolute atomic E-state index is 0.0564. The molecule has 0 radical (unpaired) electrons. The highest BCUT2D eigenvalue weighted by molar-refractivity contribution is 5.81.